The van der Waals surface area contributed by atoms with Gasteiger partial charge >= 0.3 is 0 Å². The van der Waals surface area contributed by atoms with Crippen LogP contribution >= 0.6 is 0 Å². The summed E-state index contributed by atoms with van der Waals surface area (Å²) in [5.74, 6) is -0.312. The highest BCUT2D eigenvalue weighted by Crippen LogP contribution is 2.36. The SMILES string of the molecule is COc1ccc(N2CCN(C(=O)[C@H](C)N3C(=O)[C@H]4CC=CC[C@H]4C3=O)CC2)cc1. The van der Waals surface area contributed by atoms with Gasteiger partial charge in [-0.15, -0.1) is 0 Å². The Morgan fingerprint density at radius 1 is 0.966 bits per heavy atom. The van der Waals surface area contributed by atoms with E-state index in [1.54, 1.807) is 18.9 Å². The summed E-state index contributed by atoms with van der Waals surface area (Å²) in [6.45, 7) is 4.24. The number of ether oxygens (including phenoxy) is 1. The molecule has 2 aliphatic heterocycles. The largest absolute Gasteiger partial charge is 0.497 e. The molecule has 2 fully saturated rings. The van der Waals surface area contributed by atoms with Gasteiger partial charge in [-0.3, -0.25) is 19.3 Å². The molecule has 0 bridgehead atoms. The average molecular weight is 397 g/mol. The summed E-state index contributed by atoms with van der Waals surface area (Å²) >= 11 is 0. The van der Waals surface area contributed by atoms with Crippen molar-refractivity contribution >= 4 is 23.4 Å². The second-order valence-electron chi connectivity index (χ2n) is 7.89. The van der Waals surface area contributed by atoms with Crippen molar-refractivity contribution in [1.82, 2.24) is 9.80 Å². The lowest BCUT2D eigenvalue weighted by atomic mass is 9.85. The maximum absolute atomic E-state index is 13.0. The van der Waals surface area contributed by atoms with Gasteiger partial charge in [0.05, 0.1) is 18.9 Å². The molecule has 0 aromatic heterocycles. The molecule has 29 heavy (non-hydrogen) atoms. The molecule has 154 valence electrons. The summed E-state index contributed by atoms with van der Waals surface area (Å²) in [6.07, 6.45) is 5.10. The van der Waals surface area contributed by atoms with Gasteiger partial charge < -0.3 is 14.5 Å². The van der Waals surface area contributed by atoms with Crippen LogP contribution in [0.4, 0.5) is 5.69 Å². The number of hydrogen-bond donors (Lipinski definition) is 0. The van der Waals surface area contributed by atoms with Gasteiger partial charge in [0.15, 0.2) is 0 Å². The second kappa shape index (κ2) is 7.89. The van der Waals surface area contributed by atoms with Crippen LogP contribution in [0.3, 0.4) is 0 Å². The predicted molar refractivity (Wildman–Crippen MR) is 108 cm³/mol. The summed E-state index contributed by atoms with van der Waals surface area (Å²) in [5, 5.41) is 0. The van der Waals surface area contributed by atoms with E-state index in [1.165, 1.54) is 4.90 Å². The van der Waals surface area contributed by atoms with Crippen molar-refractivity contribution in [1.29, 1.82) is 0 Å². The third-order valence-corrected chi connectivity index (χ3v) is 6.32. The quantitative estimate of drug-likeness (QED) is 0.571. The van der Waals surface area contributed by atoms with E-state index in [2.05, 4.69) is 4.90 Å². The molecule has 7 heteroatoms. The number of nitrogens with zero attached hydrogens (tertiary/aromatic N) is 3. The van der Waals surface area contributed by atoms with E-state index in [0.29, 0.717) is 39.0 Å². The van der Waals surface area contributed by atoms with Gasteiger partial charge in [-0.2, -0.15) is 0 Å². The smallest absolute Gasteiger partial charge is 0.245 e. The number of imide groups is 1. The van der Waals surface area contributed by atoms with E-state index in [1.807, 2.05) is 36.4 Å². The molecule has 3 amide bonds. The Bertz CT molecular complexity index is 801. The van der Waals surface area contributed by atoms with E-state index in [4.69, 9.17) is 4.74 Å². The van der Waals surface area contributed by atoms with Gasteiger partial charge in [-0.05, 0) is 44.0 Å². The van der Waals surface area contributed by atoms with Crippen molar-refractivity contribution < 1.29 is 19.1 Å². The van der Waals surface area contributed by atoms with Crippen LogP contribution in [0, 0.1) is 11.8 Å². The van der Waals surface area contributed by atoms with E-state index in [-0.39, 0.29) is 29.6 Å². The highest BCUT2D eigenvalue weighted by atomic mass is 16.5. The zero-order valence-electron chi connectivity index (χ0n) is 16.9. The first-order chi connectivity index (χ1) is 14.0. The molecule has 3 aliphatic rings. The lowest BCUT2D eigenvalue weighted by Crippen LogP contribution is -2.55. The Balaban J connectivity index is 1.38. The Kier molecular flexibility index (Phi) is 5.30. The maximum Gasteiger partial charge on any atom is 0.245 e. The molecule has 3 atom stereocenters. The normalized spacial score (nSPS) is 25.2. The molecule has 1 aromatic rings. The number of carbonyl (C=O) groups is 3. The van der Waals surface area contributed by atoms with Crippen molar-refractivity contribution in [3.63, 3.8) is 0 Å². The molecular weight excluding hydrogens is 370 g/mol. The van der Waals surface area contributed by atoms with Crippen molar-refractivity contribution in [2.75, 3.05) is 38.2 Å². The van der Waals surface area contributed by atoms with Crippen molar-refractivity contribution in [3.8, 4) is 5.75 Å². The zero-order chi connectivity index (χ0) is 20.5. The van der Waals surface area contributed by atoms with Crippen molar-refractivity contribution in [2.45, 2.75) is 25.8 Å². The Morgan fingerprint density at radius 2 is 1.52 bits per heavy atom. The number of piperazine rings is 1. The van der Waals surface area contributed by atoms with Crippen LogP contribution in [-0.2, 0) is 14.4 Å². The minimum absolute atomic E-state index is 0.146. The molecule has 0 saturated carbocycles. The van der Waals surface area contributed by atoms with Crippen LogP contribution in [0.15, 0.2) is 36.4 Å². The number of carbonyl (C=O) groups excluding carboxylic acids is 3. The van der Waals surface area contributed by atoms with Gasteiger partial charge in [0.25, 0.3) is 0 Å². The first-order valence-electron chi connectivity index (χ1n) is 10.2. The number of amides is 3. The summed E-state index contributed by atoms with van der Waals surface area (Å²) < 4.78 is 5.20. The van der Waals surface area contributed by atoms with Gasteiger partial charge in [-0.25, -0.2) is 0 Å². The van der Waals surface area contributed by atoms with E-state index in [0.717, 1.165) is 11.4 Å². The van der Waals surface area contributed by atoms with Crippen LogP contribution in [0.2, 0.25) is 0 Å². The molecule has 0 spiro atoms. The third-order valence-electron chi connectivity index (χ3n) is 6.32. The molecule has 0 N–H and O–H groups in total. The molecule has 2 saturated heterocycles. The molecule has 1 aromatic carbocycles. The topological polar surface area (TPSA) is 70.2 Å². The molecule has 0 radical (unpaired) electrons. The zero-order valence-corrected chi connectivity index (χ0v) is 16.9. The number of methoxy groups -OCH3 is 1. The summed E-state index contributed by atoms with van der Waals surface area (Å²) in [6, 6.07) is 7.13. The lowest BCUT2D eigenvalue weighted by molar-refractivity contribution is -0.151. The summed E-state index contributed by atoms with van der Waals surface area (Å²) in [7, 11) is 1.64. The Labute approximate surface area is 170 Å². The number of anilines is 1. The van der Waals surface area contributed by atoms with E-state index < -0.39 is 6.04 Å². The lowest BCUT2D eigenvalue weighted by Gasteiger charge is -2.38. The molecular formula is C22H27N3O4. The van der Waals surface area contributed by atoms with Gasteiger partial charge in [0.1, 0.15) is 11.8 Å². The number of allylic oxidation sites excluding steroid dienone is 2. The molecule has 2 heterocycles. The van der Waals surface area contributed by atoms with Crippen LogP contribution in [-0.4, -0.2) is 66.9 Å². The number of hydrogen-bond acceptors (Lipinski definition) is 5. The first-order valence-corrected chi connectivity index (χ1v) is 10.2. The molecule has 4 rings (SSSR count). The average Bonchev–Trinajstić information content (AvgIpc) is 3.03. The minimum Gasteiger partial charge on any atom is -0.497 e. The number of likely N-dealkylation sites (tertiary alicyclic amines) is 1. The molecule has 1 aliphatic carbocycles. The second-order valence-corrected chi connectivity index (χ2v) is 7.89. The summed E-state index contributed by atoms with van der Waals surface area (Å²) in [4.78, 5) is 43.8. The van der Waals surface area contributed by atoms with Gasteiger partial charge in [0, 0.05) is 31.9 Å². The third kappa shape index (κ3) is 3.50. The minimum atomic E-state index is -0.742. The number of fused-ring (bicyclic) bond motifs is 1. The number of rotatable bonds is 4. The van der Waals surface area contributed by atoms with Crippen molar-refractivity contribution in [3.05, 3.63) is 36.4 Å². The molecule has 7 nitrogen and oxygen atoms in total. The highest BCUT2D eigenvalue weighted by molar-refractivity contribution is 6.08. The fourth-order valence-electron chi connectivity index (χ4n) is 4.56. The van der Waals surface area contributed by atoms with Gasteiger partial charge in [0.2, 0.25) is 17.7 Å². The Morgan fingerprint density at radius 3 is 2.03 bits per heavy atom. The van der Waals surface area contributed by atoms with E-state index in [9.17, 15) is 14.4 Å². The van der Waals surface area contributed by atoms with Gasteiger partial charge in [-0.1, -0.05) is 12.2 Å². The summed E-state index contributed by atoms with van der Waals surface area (Å²) in [5.41, 5.74) is 1.09. The fraction of sp³-hybridized carbons (Fsp3) is 0.500. The van der Waals surface area contributed by atoms with Crippen LogP contribution in [0.1, 0.15) is 19.8 Å². The van der Waals surface area contributed by atoms with Crippen LogP contribution in [0.25, 0.3) is 0 Å². The Hall–Kier alpha value is -2.83. The number of benzene rings is 1. The predicted octanol–water partition coefficient (Wildman–Crippen LogP) is 1.68. The fourth-order valence-corrected chi connectivity index (χ4v) is 4.56. The van der Waals surface area contributed by atoms with E-state index >= 15 is 0 Å². The van der Waals surface area contributed by atoms with Crippen LogP contribution < -0.4 is 9.64 Å². The van der Waals surface area contributed by atoms with Crippen LogP contribution in [0.5, 0.6) is 5.75 Å². The first kappa shape index (κ1) is 19.5. The van der Waals surface area contributed by atoms with Crippen molar-refractivity contribution in [2.24, 2.45) is 11.8 Å². The maximum atomic E-state index is 13.0. The molecule has 0 unspecified atom stereocenters. The standard InChI is InChI=1S/C22H27N3O4/c1-15(25-21(27)18-5-3-4-6-19(18)22(25)28)20(26)24-13-11-23(12-14-24)16-7-9-17(29-2)10-8-16/h3-4,7-10,15,18-19H,5-6,11-14H2,1-2H3/t15-,18-,19+/m0/s1. The highest BCUT2D eigenvalue weighted by Gasteiger charge is 2.50. The monoisotopic (exact) mass is 397 g/mol.